The van der Waals surface area contributed by atoms with Crippen LogP contribution in [0.1, 0.15) is 35.3 Å². The molecule has 6 heteroatoms. The summed E-state index contributed by atoms with van der Waals surface area (Å²) in [7, 11) is 1.62. The highest BCUT2D eigenvalue weighted by Gasteiger charge is 2.47. The number of halogens is 1. The molecular weight excluding hydrogens is 426 g/mol. The number of carboxylic acids is 1. The highest BCUT2D eigenvalue weighted by atomic mass is 35.5. The summed E-state index contributed by atoms with van der Waals surface area (Å²) in [6.45, 7) is 1.86. The van der Waals surface area contributed by atoms with Crippen molar-refractivity contribution >= 4 is 23.5 Å². The predicted molar refractivity (Wildman–Crippen MR) is 124 cm³/mol. The molecule has 0 aliphatic carbocycles. The van der Waals surface area contributed by atoms with Crippen LogP contribution in [0.2, 0.25) is 5.02 Å². The second kappa shape index (κ2) is 9.05. The van der Waals surface area contributed by atoms with E-state index in [0.29, 0.717) is 17.0 Å². The third-order valence-electron chi connectivity index (χ3n) is 6.07. The number of hydrogen-bond acceptors (Lipinski definition) is 3. The van der Waals surface area contributed by atoms with Crippen LogP contribution in [-0.2, 0) is 4.79 Å². The topological polar surface area (TPSA) is 66.8 Å². The quantitative estimate of drug-likeness (QED) is 0.543. The Morgan fingerprint density at radius 1 is 1.00 bits per heavy atom. The van der Waals surface area contributed by atoms with E-state index in [1.54, 1.807) is 25.3 Å². The van der Waals surface area contributed by atoms with Crippen molar-refractivity contribution in [2.45, 2.75) is 25.4 Å². The number of amides is 1. The number of ether oxygens (including phenoxy) is 1. The molecule has 164 valence electrons. The molecule has 1 fully saturated rings. The zero-order valence-electron chi connectivity index (χ0n) is 17.9. The average Bonchev–Trinajstić information content (AvgIpc) is 3.16. The maximum absolute atomic E-state index is 13.6. The van der Waals surface area contributed by atoms with Crippen LogP contribution in [0.4, 0.5) is 0 Å². The third-order valence-corrected chi connectivity index (χ3v) is 6.42. The molecule has 1 saturated heterocycles. The van der Waals surface area contributed by atoms with Crippen molar-refractivity contribution in [1.29, 1.82) is 0 Å². The van der Waals surface area contributed by atoms with Gasteiger partial charge in [-0.15, -0.1) is 0 Å². The molecule has 1 amide bonds. The van der Waals surface area contributed by atoms with Crippen molar-refractivity contribution in [3.05, 3.63) is 88.9 Å². The van der Waals surface area contributed by atoms with Gasteiger partial charge in [0.25, 0.3) is 5.91 Å². The number of carbonyl (C=O) groups excluding carboxylic acids is 1. The van der Waals surface area contributed by atoms with Gasteiger partial charge in [-0.1, -0.05) is 67.1 Å². The van der Waals surface area contributed by atoms with Gasteiger partial charge in [0, 0.05) is 16.1 Å². The van der Waals surface area contributed by atoms with Crippen LogP contribution >= 0.6 is 11.6 Å². The van der Waals surface area contributed by atoms with E-state index in [4.69, 9.17) is 16.3 Å². The van der Waals surface area contributed by atoms with Gasteiger partial charge in [-0.3, -0.25) is 4.79 Å². The van der Waals surface area contributed by atoms with E-state index in [1.165, 1.54) is 4.90 Å². The van der Waals surface area contributed by atoms with E-state index in [0.717, 1.165) is 22.4 Å². The Kier molecular flexibility index (Phi) is 6.19. The fraction of sp³-hybridized carbons (Fsp3) is 0.231. The number of carboxylic acid groups (broad SMARTS) is 1. The Morgan fingerprint density at radius 2 is 1.66 bits per heavy atom. The van der Waals surface area contributed by atoms with E-state index in [-0.39, 0.29) is 11.8 Å². The van der Waals surface area contributed by atoms with Crippen molar-refractivity contribution in [1.82, 2.24) is 4.90 Å². The number of methoxy groups -OCH3 is 1. The molecule has 32 heavy (non-hydrogen) atoms. The molecule has 3 aromatic rings. The third kappa shape index (κ3) is 3.96. The minimum Gasteiger partial charge on any atom is -0.496 e. The van der Waals surface area contributed by atoms with Crippen LogP contribution in [-0.4, -0.2) is 35.0 Å². The summed E-state index contributed by atoms with van der Waals surface area (Å²) >= 11 is 6.42. The number of hydrogen-bond donors (Lipinski definition) is 1. The Bertz CT molecular complexity index is 1140. The molecule has 4 rings (SSSR count). The maximum atomic E-state index is 13.6. The van der Waals surface area contributed by atoms with E-state index in [2.05, 4.69) is 0 Å². The molecule has 1 N–H and O–H groups in total. The number of aliphatic carboxylic acids is 1. The molecule has 0 radical (unpaired) electrons. The lowest BCUT2D eigenvalue weighted by molar-refractivity contribution is -0.142. The van der Waals surface area contributed by atoms with E-state index < -0.39 is 18.1 Å². The second-order valence-corrected chi connectivity index (χ2v) is 8.43. The number of nitrogens with zero attached hydrogens (tertiary/aromatic N) is 1. The summed E-state index contributed by atoms with van der Waals surface area (Å²) < 4.78 is 5.43. The molecule has 0 unspecified atom stereocenters. The van der Waals surface area contributed by atoms with Crippen LogP contribution in [0.15, 0.2) is 72.8 Å². The molecular formula is C26H24ClNO4. The maximum Gasteiger partial charge on any atom is 0.326 e. The SMILES string of the molecule is COc1ccccc1-c1ccc(C(=O)N2[C@H](C(=O)O)[C@@H](C)C[C@H]2c2ccccc2Cl)cc1. The van der Waals surface area contributed by atoms with Crippen molar-refractivity contribution in [3.8, 4) is 16.9 Å². The fourth-order valence-electron chi connectivity index (χ4n) is 4.54. The van der Waals surface area contributed by atoms with Crippen molar-refractivity contribution in [2.24, 2.45) is 5.92 Å². The van der Waals surface area contributed by atoms with Gasteiger partial charge in [-0.2, -0.15) is 0 Å². The Labute approximate surface area is 192 Å². The molecule has 3 aromatic carbocycles. The first-order valence-electron chi connectivity index (χ1n) is 10.5. The summed E-state index contributed by atoms with van der Waals surface area (Å²) in [5, 5.41) is 10.4. The van der Waals surface area contributed by atoms with Crippen molar-refractivity contribution < 1.29 is 19.4 Å². The number of para-hydroxylation sites is 1. The summed E-state index contributed by atoms with van der Waals surface area (Å²) in [6.07, 6.45) is 0.533. The number of carbonyl (C=O) groups is 2. The minimum absolute atomic E-state index is 0.203. The van der Waals surface area contributed by atoms with Gasteiger partial charge in [-0.05, 0) is 47.7 Å². The lowest BCUT2D eigenvalue weighted by atomic mass is 9.98. The first kappa shape index (κ1) is 21.9. The minimum atomic E-state index is -1.01. The number of benzene rings is 3. The zero-order valence-corrected chi connectivity index (χ0v) is 18.6. The first-order chi connectivity index (χ1) is 15.4. The first-order valence-corrected chi connectivity index (χ1v) is 10.8. The smallest absolute Gasteiger partial charge is 0.326 e. The molecule has 5 nitrogen and oxygen atoms in total. The highest BCUT2D eigenvalue weighted by Crippen LogP contribution is 2.43. The largest absolute Gasteiger partial charge is 0.496 e. The Balaban J connectivity index is 1.70. The molecule has 0 spiro atoms. The average molecular weight is 450 g/mol. The Morgan fingerprint density at radius 3 is 2.31 bits per heavy atom. The van der Waals surface area contributed by atoms with Gasteiger partial charge >= 0.3 is 5.97 Å². The van der Waals surface area contributed by atoms with Gasteiger partial charge in [0.15, 0.2) is 0 Å². The molecule has 1 heterocycles. The van der Waals surface area contributed by atoms with Gasteiger partial charge in [-0.25, -0.2) is 4.79 Å². The highest BCUT2D eigenvalue weighted by molar-refractivity contribution is 6.31. The number of rotatable bonds is 5. The van der Waals surface area contributed by atoms with Gasteiger partial charge in [0.05, 0.1) is 13.2 Å². The molecule has 0 aromatic heterocycles. The van der Waals surface area contributed by atoms with Crippen LogP contribution in [0.3, 0.4) is 0 Å². The fourth-order valence-corrected chi connectivity index (χ4v) is 4.80. The second-order valence-electron chi connectivity index (χ2n) is 8.02. The summed E-state index contributed by atoms with van der Waals surface area (Å²) in [5.41, 5.74) is 3.03. The number of likely N-dealkylation sites (tertiary alicyclic amines) is 1. The molecule has 0 bridgehead atoms. The lowest BCUT2D eigenvalue weighted by Gasteiger charge is -2.30. The molecule has 1 aliphatic heterocycles. The summed E-state index contributed by atoms with van der Waals surface area (Å²) in [5.74, 6) is -0.792. The van der Waals surface area contributed by atoms with Gasteiger partial charge in [0.1, 0.15) is 11.8 Å². The van der Waals surface area contributed by atoms with E-state index in [1.807, 2.05) is 61.5 Å². The van der Waals surface area contributed by atoms with Gasteiger partial charge < -0.3 is 14.7 Å². The molecule has 1 aliphatic rings. The van der Waals surface area contributed by atoms with Gasteiger partial charge in [0.2, 0.25) is 0 Å². The summed E-state index contributed by atoms with van der Waals surface area (Å²) in [6, 6.07) is 20.8. The summed E-state index contributed by atoms with van der Waals surface area (Å²) in [4.78, 5) is 27.1. The van der Waals surface area contributed by atoms with Crippen molar-refractivity contribution in [3.63, 3.8) is 0 Å². The monoisotopic (exact) mass is 449 g/mol. The van der Waals surface area contributed by atoms with Crippen LogP contribution in [0.5, 0.6) is 5.75 Å². The molecule has 3 atom stereocenters. The van der Waals surface area contributed by atoms with Crippen LogP contribution in [0.25, 0.3) is 11.1 Å². The van der Waals surface area contributed by atoms with Crippen molar-refractivity contribution in [2.75, 3.05) is 7.11 Å². The van der Waals surface area contributed by atoms with E-state index >= 15 is 0 Å². The van der Waals surface area contributed by atoms with E-state index in [9.17, 15) is 14.7 Å². The zero-order chi connectivity index (χ0) is 22.8. The van der Waals surface area contributed by atoms with Crippen LogP contribution in [0, 0.1) is 5.92 Å². The predicted octanol–water partition coefficient (Wildman–Crippen LogP) is 5.69. The molecule has 0 saturated carbocycles. The normalized spacial score (nSPS) is 20.2. The lowest BCUT2D eigenvalue weighted by Crippen LogP contribution is -2.43. The Hall–Kier alpha value is -3.31. The van der Waals surface area contributed by atoms with Crippen LogP contribution < -0.4 is 4.74 Å². The standard InChI is InChI=1S/C26H24ClNO4/c1-16-15-22(20-8-3-5-9-21(20)27)28(24(16)26(30)31)25(29)18-13-11-17(12-14-18)19-7-4-6-10-23(19)32-2/h3-14,16,22,24H,15H2,1-2H3,(H,30,31)/t16-,22-,24-/m0/s1.